The summed E-state index contributed by atoms with van der Waals surface area (Å²) in [5, 5.41) is 0. The molecule has 2 unspecified atom stereocenters. The number of hydrogen-bond acceptors (Lipinski definition) is 8. The molecule has 0 saturated heterocycles. The summed E-state index contributed by atoms with van der Waals surface area (Å²) < 4.78 is 34.4. The molecule has 0 heterocycles. The lowest BCUT2D eigenvalue weighted by Crippen LogP contribution is -2.37. The van der Waals surface area contributed by atoms with Gasteiger partial charge in [-0.1, -0.05) is 342 Å². The average molecular weight is 1400 g/mol. The minimum absolute atomic E-state index is 0.0453. The Bertz CT molecular complexity index is 2450. The Balaban J connectivity index is 4.11. The minimum Gasteiger partial charge on any atom is -0.756 e. The van der Waals surface area contributed by atoms with E-state index in [-0.39, 0.29) is 26.1 Å². The number of esters is 2. The summed E-state index contributed by atoms with van der Waals surface area (Å²) in [5.74, 6) is -0.868. The summed E-state index contributed by atoms with van der Waals surface area (Å²) in [4.78, 5) is 38.2. The molecule has 0 aromatic heterocycles. The van der Waals surface area contributed by atoms with E-state index in [4.69, 9.17) is 18.5 Å². The van der Waals surface area contributed by atoms with E-state index < -0.39 is 32.5 Å². The van der Waals surface area contributed by atoms with Crippen LogP contribution in [0.15, 0.2) is 207 Å². The van der Waals surface area contributed by atoms with Crippen LogP contribution in [0.1, 0.15) is 296 Å². The SMILES string of the molecule is CC/C=C\C/C=C\C/C=C\C/C=C\C/C=C\C/C=C\C/C=C\C/C=C\C/C=C\C/C=C\C/C=C\C/C=C\CCCCCCC(=O)OC(COC(=O)CCCCCCCCCCCCCCCCCCCCC/C=C\C/C=C\C/C=C\C/C=C\C/C=C\CC)COP(=O)([O-])OCC[N+](C)(C)C. The number of phosphoric ester groups is 1. The van der Waals surface area contributed by atoms with Crippen molar-refractivity contribution in [2.45, 2.75) is 302 Å². The van der Waals surface area contributed by atoms with Gasteiger partial charge in [0.15, 0.2) is 6.10 Å². The van der Waals surface area contributed by atoms with Crippen molar-refractivity contribution in [2.75, 3.05) is 47.5 Å². The lowest BCUT2D eigenvalue weighted by molar-refractivity contribution is -0.870. The van der Waals surface area contributed by atoms with E-state index in [0.29, 0.717) is 17.4 Å². The molecule has 0 bridgehead atoms. The molecule has 100 heavy (non-hydrogen) atoms. The number of quaternary nitrogens is 1. The third-order valence-electron chi connectivity index (χ3n) is 16.3. The fraction of sp³-hybridized carbons (Fsp3) is 0.600. The van der Waals surface area contributed by atoms with Gasteiger partial charge >= 0.3 is 11.9 Å². The molecule has 0 N–H and O–H groups in total. The first-order valence-corrected chi connectivity index (χ1v) is 41.3. The van der Waals surface area contributed by atoms with Crippen molar-refractivity contribution in [3.63, 3.8) is 0 Å². The normalized spacial score (nSPS) is 14.2. The van der Waals surface area contributed by atoms with Crippen molar-refractivity contribution < 1.29 is 42.1 Å². The molecule has 0 spiro atoms. The second-order valence-corrected chi connectivity index (χ2v) is 28.4. The van der Waals surface area contributed by atoms with Crippen molar-refractivity contribution in [1.82, 2.24) is 0 Å². The molecule has 0 aliphatic rings. The van der Waals surface area contributed by atoms with E-state index >= 15 is 0 Å². The van der Waals surface area contributed by atoms with Gasteiger partial charge < -0.3 is 27.9 Å². The van der Waals surface area contributed by atoms with Gasteiger partial charge in [-0.3, -0.25) is 14.2 Å². The van der Waals surface area contributed by atoms with Crippen LogP contribution in [0.4, 0.5) is 0 Å². The first-order valence-electron chi connectivity index (χ1n) is 39.8. The Morgan fingerprint density at radius 2 is 0.540 bits per heavy atom. The first kappa shape index (κ1) is 94.6. The third-order valence-corrected chi connectivity index (χ3v) is 17.3. The maximum atomic E-state index is 12.9. The molecular weight excluding hydrogens is 1250 g/mol. The molecule has 0 aromatic carbocycles. The topological polar surface area (TPSA) is 111 Å². The number of unbranched alkanes of at least 4 members (excludes halogenated alkanes) is 23. The van der Waals surface area contributed by atoms with E-state index in [1.54, 1.807) is 0 Å². The molecule has 0 amide bonds. The zero-order chi connectivity index (χ0) is 72.5. The van der Waals surface area contributed by atoms with Gasteiger partial charge in [-0.15, -0.1) is 0 Å². The highest BCUT2D eigenvalue weighted by molar-refractivity contribution is 7.45. The largest absolute Gasteiger partial charge is 0.756 e. The number of carbonyl (C=O) groups is 2. The van der Waals surface area contributed by atoms with Crippen LogP contribution in [0.3, 0.4) is 0 Å². The molecule has 0 saturated carbocycles. The smallest absolute Gasteiger partial charge is 0.306 e. The van der Waals surface area contributed by atoms with Gasteiger partial charge in [-0.25, -0.2) is 0 Å². The van der Waals surface area contributed by atoms with Gasteiger partial charge in [0.2, 0.25) is 0 Å². The van der Waals surface area contributed by atoms with Gasteiger partial charge in [0.1, 0.15) is 19.8 Å². The Labute approximate surface area is 615 Å². The van der Waals surface area contributed by atoms with Gasteiger partial charge in [0, 0.05) is 12.8 Å². The minimum atomic E-state index is -4.67. The predicted octanol–water partition coefficient (Wildman–Crippen LogP) is 26.3. The molecule has 0 radical (unpaired) electrons. The summed E-state index contributed by atoms with van der Waals surface area (Å²) in [6.07, 6.45) is 122. The summed E-state index contributed by atoms with van der Waals surface area (Å²) in [7, 11) is 1.13. The zero-order valence-corrected chi connectivity index (χ0v) is 65.2. The van der Waals surface area contributed by atoms with Gasteiger partial charge in [-0.2, -0.15) is 0 Å². The molecule has 0 fully saturated rings. The van der Waals surface area contributed by atoms with Crippen molar-refractivity contribution in [2.24, 2.45) is 0 Å². The highest BCUT2D eigenvalue weighted by atomic mass is 31.2. The Morgan fingerprint density at radius 3 is 0.800 bits per heavy atom. The maximum Gasteiger partial charge on any atom is 0.306 e. The van der Waals surface area contributed by atoms with E-state index in [2.05, 4.69) is 220 Å². The lowest BCUT2D eigenvalue weighted by Gasteiger charge is -2.28. The lowest BCUT2D eigenvalue weighted by atomic mass is 10.0. The monoisotopic (exact) mass is 1400 g/mol. The van der Waals surface area contributed by atoms with E-state index in [1.807, 2.05) is 21.1 Å². The predicted molar refractivity (Wildman–Crippen MR) is 433 cm³/mol. The highest BCUT2D eigenvalue weighted by Gasteiger charge is 2.22. The van der Waals surface area contributed by atoms with Crippen LogP contribution in [-0.2, 0) is 32.7 Å². The maximum absolute atomic E-state index is 12.9. The number of hydrogen-bond donors (Lipinski definition) is 0. The molecule has 10 heteroatoms. The number of phosphoric acid groups is 1. The Hall–Kier alpha value is -5.41. The quantitative estimate of drug-likeness (QED) is 0.0195. The summed E-state index contributed by atoms with van der Waals surface area (Å²) in [6, 6.07) is 0. The van der Waals surface area contributed by atoms with Crippen LogP contribution in [0.2, 0.25) is 0 Å². The number of rotatable bonds is 71. The zero-order valence-electron chi connectivity index (χ0n) is 64.3. The van der Waals surface area contributed by atoms with Crippen molar-refractivity contribution in [3.8, 4) is 0 Å². The summed E-state index contributed by atoms with van der Waals surface area (Å²) >= 11 is 0. The van der Waals surface area contributed by atoms with Gasteiger partial charge in [-0.05, 0) is 148 Å². The van der Waals surface area contributed by atoms with Crippen LogP contribution < -0.4 is 4.89 Å². The number of ether oxygens (including phenoxy) is 2. The molecule has 0 aliphatic heterocycles. The van der Waals surface area contributed by atoms with Crippen molar-refractivity contribution in [1.29, 1.82) is 0 Å². The van der Waals surface area contributed by atoms with Crippen molar-refractivity contribution in [3.05, 3.63) is 207 Å². The van der Waals surface area contributed by atoms with E-state index in [9.17, 15) is 19.0 Å². The third kappa shape index (κ3) is 81.6. The van der Waals surface area contributed by atoms with Crippen LogP contribution in [0.5, 0.6) is 0 Å². The number of nitrogens with zero attached hydrogens (tertiary/aromatic N) is 1. The Kier molecular flexibility index (Phi) is 73.5. The standard InChI is InChI=1S/C90H146NO8P/c1-6-8-10-12-14-16-18-20-22-24-26-28-30-32-34-36-38-40-42-43-44-45-46-47-49-51-53-55-57-59-61-63-65-67-69-71-73-75-77-79-81-83-90(93)99-88(87-98-100(94,95)97-85-84-91(3,4)5)86-96-89(92)82-80-78-76-74-72-70-68-66-64-62-60-58-56-54-52-50-48-41-39-37-35-33-31-29-27-25-23-21-19-17-15-13-11-9-7-2/h8-11,14-17,20-23,26-29,32-35,38,40,43-44,46-47,51,53,57,59,63,65,69,71,88H,6-7,12-13,18-19,24-25,30-31,36-37,39,41-42,45,48-50,52,54-56,58,60-62,64,66-68,70,72-87H2,1-5H3/b10-8-,11-9-,16-14-,17-15-,22-20-,23-21-,28-26-,29-27-,34-32-,35-33-,40-38-,44-43-,47-46-,53-51-,59-57-,65-63-,71-69-. The van der Waals surface area contributed by atoms with Crippen LogP contribution >= 0.6 is 7.82 Å². The van der Waals surface area contributed by atoms with Crippen LogP contribution in [0, 0.1) is 0 Å². The number of likely N-dealkylation sites (N-methyl/N-ethyl adjacent to an activating group) is 1. The molecule has 0 aliphatic carbocycles. The Morgan fingerprint density at radius 1 is 0.310 bits per heavy atom. The number of allylic oxidation sites excluding steroid dienone is 34. The molecule has 564 valence electrons. The average Bonchev–Trinajstić information content (AvgIpc) is 1.30. The van der Waals surface area contributed by atoms with Gasteiger partial charge in [0.25, 0.3) is 7.82 Å². The second kappa shape index (κ2) is 77.7. The second-order valence-electron chi connectivity index (χ2n) is 27.0. The molecule has 9 nitrogen and oxygen atoms in total. The highest BCUT2D eigenvalue weighted by Crippen LogP contribution is 2.38. The van der Waals surface area contributed by atoms with Crippen LogP contribution in [-0.4, -0.2) is 70.0 Å². The van der Waals surface area contributed by atoms with E-state index in [0.717, 1.165) is 154 Å². The molecule has 0 aromatic rings. The van der Waals surface area contributed by atoms with Crippen molar-refractivity contribution >= 4 is 19.8 Å². The fourth-order valence-corrected chi connectivity index (χ4v) is 11.0. The number of carbonyl (C=O) groups excluding carboxylic acids is 2. The summed E-state index contributed by atoms with van der Waals surface area (Å²) in [6.45, 7) is 3.98. The molecule has 2 atom stereocenters. The fourth-order valence-electron chi connectivity index (χ4n) is 10.3. The van der Waals surface area contributed by atoms with Gasteiger partial charge in [0.05, 0.1) is 27.7 Å². The molecular formula is C90H146NO8P. The van der Waals surface area contributed by atoms with Crippen LogP contribution in [0.25, 0.3) is 0 Å². The summed E-state index contributed by atoms with van der Waals surface area (Å²) in [5.41, 5.74) is 0. The molecule has 0 rings (SSSR count). The first-order chi connectivity index (χ1) is 49.0. The van der Waals surface area contributed by atoms with E-state index in [1.165, 1.54) is 109 Å².